The molecule has 0 fully saturated rings. The van der Waals surface area contributed by atoms with Crippen LogP contribution in [0.5, 0.6) is 0 Å². The van der Waals surface area contributed by atoms with Gasteiger partial charge in [-0.3, -0.25) is 0 Å². The van der Waals surface area contributed by atoms with Crippen molar-refractivity contribution in [3.05, 3.63) is 84.9 Å². The third-order valence-corrected chi connectivity index (χ3v) is 2.86. The zero-order valence-corrected chi connectivity index (χ0v) is 10.8. The number of nitrogens with two attached hydrogens (primary N) is 1. The summed E-state index contributed by atoms with van der Waals surface area (Å²) in [6.07, 6.45) is 1.83. The van der Waals surface area contributed by atoms with Crippen molar-refractivity contribution in [3.63, 3.8) is 0 Å². The van der Waals surface area contributed by atoms with Crippen LogP contribution in [0.1, 0.15) is 5.56 Å². The summed E-state index contributed by atoms with van der Waals surface area (Å²) in [5, 5.41) is 2.34. The molecule has 2 N–H and O–H groups in total. The Labute approximate surface area is 114 Å². The van der Waals surface area contributed by atoms with Gasteiger partial charge in [0.1, 0.15) is 0 Å². The molecule has 3 rings (SSSR count). The van der Waals surface area contributed by atoms with Gasteiger partial charge in [-0.25, -0.2) is 0 Å². The Hall–Kier alpha value is -2.54. The quantitative estimate of drug-likeness (QED) is 0.617. The smallest absolute Gasteiger partial charge is 0.0393 e. The Morgan fingerprint density at radius 3 is 2.00 bits per heavy atom. The van der Waals surface area contributed by atoms with Crippen LogP contribution in [-0.4, -0.2) is 0 Å². The molecular formula is C18H17N. The summed E-state index contributed by atoms with van der Waals surface area (Å²) in [5.74, 6) is 0. The monoisotopic (exact) mass is 247 g/mol. The van der Waals surface area contributed by atoms with Gasteiger partial charge in [0.05, 0.1) is 0 Å². The molecule has 0 aliphatic heterocycles. The van der Waals surface area contributed by atoms with Crippen LogP contribution in [0.3, 0.4) is 0 Å². The van der Waals surface area contributed by atoms with E-state index in [1.54, 1.807) is 0 Å². The van der Waals surface area contributed by atoms with E-state index in [0.717, 1.165) is 11.1 Å². The van der Waals surface area contributed by atoms with Crippen LogP contribution in [0.25, 0.3) is 16.8 Å². The highest BCUT2D eigenvalue weighted by Gasteiger charge is 1.92. The molecule has 19 heavy (non-hydrogen) atoms. The zero-order chi connectivity index (χ0) is 13.5. The van der Waals surface area contributed by atoms with Crippen molar-refractivity contribution >= 4 is 22.5 Å². The molecule has 94 valence electrons. The predicted octanol–water partition coefficient (Wildman–Crippen LogP) is 4.75. The van der Waals surface area contributed by atoms with Crippen molar-refractivity contribution in [1.82, 2.24) is 0 Å². The van der Waals surface area contributed by atoms with Gasteiger partial charge >= 0.3 is 0 Å². The molecule has 0 aliphatic carbocycles. The average Bonchev–Trinajstić information content (AvgIpc) is 2.49. The Morgan fingerprint density at radius 2 is 1.37 bits per heavy atom. The van der Waals surface area contributed by atoms with Gasteiger partial charge in [0.25, 0.3) is 0 Å². The van der Waals surface area contributed by atoms with Crippen LogP contribution in [0.15, 0.2) is 79.4 Å². The minimum absolute atomic E-state index is 0.850. The largest absolute Gasteiger partial charge is 0.398 e. The van der Waals surface area contributed by atoms with Gasteiger partial charge < -0.3 is 5.73 Å². The lowest BCUT2D eigenvalue weighted by Gasteiger charge is -1.98. The minimum atomic E-state index is 0.850. The summed E-state index contributed by atoms with van der Waals surface area (Å²) >= 11 is 0. The maximum Gasteiger partial charge on any atom is 0.0393 e. The molecule has 1 heteroatoms. The standard InChI is InChI=1S/C10H9N.C8H8/c11-10-7-3-5-8-4-1-2-6-9(8)10;1-2-8-6-4-3-5-7-8/h1-7H,11H2;2-7H,1H2. The highest BCUT2D eigenvalue weighted by molar-refractivity contribution is 5.92. The summed E-state index contributed by atoms with van der Waals surface area (Å²) in [5.41, 5.74) is 7.78. The first kappa shape index (κ1) is 12.9. The third kappa shape index (κ3) is 3.46. The van der Waals surface area contributed by atoms with E-state index in [2.05, 4.69) is 18.7 Å². The molecule has 0 aromatic heterocycles. The molecule has 0 spiro atoms. The van der Waals surface area contributed by atoms with Gasteiger partial charge in [-0.1, -0.05) is 79.4 Å². The number of fused-ring (bicyclic) bond motifs is 1. The lowest BCUT2D eigenvalue weighted by molar-refractivity contribution is 1.67. The molecule has 0 atom stereocenters. The van der Waals surface area contributed by atoms with E-state index in [0.29, 0.717) is 0 Å². The predicted molar refractivity (Wildman–Crippen MR) is 84.9 cm³/mol. The second-order valence-corrected chi connectivity index (χ2v) is 4.18. The van der Waals surface area contributed by atoms with E-state index in [1.807, 2.05) is 66.7 Å². The molecule has 0 saturated carbocycles. The first-order chi connectivity index (χ1) is 9.31. The van der Waals surface area contributed by atoms with Gasteiger partial charge in [-0.2, -0.15) is 0 Å². The molecule has 3 aromatic rings. The SMILES string of the molecule is C=Cc1ccccc1.Nc1cccc2ccccc12. The summed E-state index contributed by atoms with van der Waals surface area (Å²) in [6, 6.07) is 24.1. The molecule has 3 aromatic carbocycles. The molecule has 0 radical (unpaired) electrons. The van der Waals surface area contributed by atoms with Crippen LogP contribution in [0.4, 0.5) is 5.69 Å². The van der Waals surface area contributed by atoms with Crippen LogP contribution in [0.2, 0.25) is 0 Å². The van der Waals surface area contributed by atoms with Gasteiger partial charge in [0, 0.05) is 11.1 Å². The molecule has 0 amide bonds. The summed E-state index contributed by atoms with van der Waals surface area (Å²) in [6.45, 7) is 3.63. The topological polar surface area (TPSA) is 26.0 Å². The lowest BCUT2D eigenvalue weighted by Crippen LogP contribution is -1.84. The molecule has 0 heterocycles. The second-order valence-electron chi connectivity index (χ2n) is 4.18. The fourth-order valence-electron chi connectivity index (χ4n) is 1.84. The Balaban J connectivity index is 0.000000148. The van der Waals surface area contributed by atoms with Crippen molar-refractivity contribution in [2.75, 3.05) is 5.73 Å². The molecule has 0 bridgehead atoms. The third-order valence-electron chi connectivity index (χ3n) is 2.86. The van der Waals surface area contributed by atoms with E-state index in [-0.39, 0.29) is 0 Å². The van der Waals surface area contributed by atoms with Crippen LogP contribution in [-0.2, 0) is 0 Å². The Morgan fingerprint density at radius 1 is 0.737 bits per heavy atom. The Kier molecular flexibility index (Phi) is 4.35. The first-order valence-electron chi connectivity index (χ1n) is 6.22. The summed E-state index contributed by atoms with van der Waals surface area (Å²) in [4.78, 5) is 0. The van der Waals surface area contributed by atoms with Crippen molar-refractivity contribution in [1.29, 1.82) is 0 Å². The number of hydrogen-bond acceptors (Lipinski definition) is 1. The minimum Gasteiger partial charge on any atom is -0.398 e. The second kappa shape index (κ2) is 6.41. The zero-order valence-electron chi connectivity index (χ0n) is 10.8. The maximum atomic E-state index is 5.76. The van der Waals surface area contributed by atoms with E-state index >= 15 is 0 Å². The number of rotatable bonds is 1. The van der Waals surface area contributed by atoms with Gasteiger partial charge in [-0.05, 0) is 17.0 Å². The van der Waals surface area contributed by atoms with Gasteiger partial charge in [0.2, 0.25) is 0 Å². The lowest BCUT2D eigenvalue weighted by atomic mass is 10.1. The van der Waals surface area contributed by atoms with Crippen molar-refractivity contribution < 1.29 is 0 Å². The van der Waals surface area contributed by atoms with Crippen LogP contribution in [0, 0.1) is 0 Å². The van der Waals surface area contributed by atoms with Gasteiger partial charge in [-0.15, -0.1) is 0 Å². The number of anilines is 1. The van der Waals surface area contributed by atoms with Crippen molar-refractivity contribution in [2.45, 2.75) is 0 Å². The normalized spacial score (nSPS) is 9.47. The fraction of sp³-hybridized carbons (Fsp3) is 0. The van der Waals surface area contributed by atoms with E-state index in [9.17, 15) is 0 Å². The number of hydrogen-bond donors (Lipinski definition) is 1. The summed E-state index contributed by atoms with van der Waals surface area (Å²) < 4.78 is 0. The van der Waals surface area contributed by atoms with Crippen LogP contribution < -0.4 is 5.73 Å². The number of nitrogen functional groups attached to an aromatic ring is 1. The molecule has 0 saturated heterocycles. The fourth-order valence-corrected chi connectivity index (χ4v) is 1.84. The van der Waals surface area contributed by atoms with Crippen molar-refractivity contribution in [2.24, 2.45) is 0 Å². The van der Waals surface area contributed by atoms with Crippen LogP contribution >= 0.6 is 0 Å². The maximum absolute atomic E-state index is 5.76. The molecular weight excluding hydrogens is 230 g/mol. The highest BCUT2D eigenvalue weighted by atomic mass is 14.5. The van der Waals surface area contributed by atoms with Crippen molar-refractivity contribution in [3.8, 4) is 0 Å². The summed E-state index contributed by atoms with van der Waals surface area (Å²) in [7, 11) is 0. The highest BCUT2D eigenvalue weighted by Crippen LogP contribution is 2.19. The molecule has 0 unspecified atom stereocenters. The molecule has 1 nitrogen and oxygen atoms in total. The van der Waals surface area contributed by atoms with E-state index < -0.39 is 0 Å². The van der Waals surface area contributed by atoms with E-state index in [4.69, 9.17) is 5.73 Å². The molecule has 0 aliphatic rings. The Bertz CT molecular complexity index is 651. The number of benzene rings is 3. The van der Waals surface area contributed by atoms with E-state index in [1.165, 1.54) is 10.9 Å². The average molecular weight is 247 g/mol. The first-order valence-corrected chi connectivity index (χ1v) is 6.22. The van der Waals surface area contributed by atoms with Gasteiger partial charge in [0.15, 0.2) is 0 Å².